The van der Waals surface area contributed by atoms with Crippen LogP contribution >= 0.6 is 11.3 Å². The van der Waals surface area contributed by atoms with E-state index in [4.69, 9.17) is 9.97 Å². The number of anilines is 1. The van der Waals surface area contributed by atoms with Crippen molar-refractivity contribution in [3.05, 3.63) is 76.4 Å². The minimum absolute atomic E-state index is 0.417. The highest BCUT2D eigenvalue weighted by molar-refractivity contribution is 7.18. The maximum atomic E-state index is 4.95. The lowest BCUT2D eigenvalue weighted by Crippen LogP contribution is -2.06. The average Bonchev–Trinajstić information content (AvgIpc) is 3.38. The van der Waals surface area contributed by atoms with Crippen molar-refractivity contribution in [2.45, 2.75) is 39.5 Å². The Labute approximate surface area is 187 Å². The smallest absolute Gasteiger partial charge is 0.163 e. The minimum Gasteiger partial charge on any atom is -0.368 e. The SMILES string of the molecule is Cc1cncc(-c2nc(NCCC3=CCc4ccccc43)c3scc(C(C)C)c3n2)c1. The van der Waals surface area contributed by atoms with Crippen LogP contribution in [0.5, 0.6) is 0 Å². The number of aryl methyl sites for hydroxylation is 1. The first-order chi connectivity index (χ1) is 15.1. The summed E-state index contributed by atoms with van der Waals surface area (Å²) in [6.07, 6.45) is 8.08. The van der Waals surface area contributed by atoms with Crippen molar-refractivity contribution in [2.24, 2.45) is 0 Å². The Morgan fingerprint density at radius 1 is 1.13 bits per heavy atom. The largest absolute Gasteiger partial charge is 0.368 e. The maximum Gasteiger partial charge on any atom is 0.163 e. The Hall–Kier alpha value is -3.05. The summed E-state index contributed by atoms with van der Waals surface area (Å²) in [6.45, 7) is 7.32. The van der Waals surface area contributed by atoms with Crippen LogP contribution in [-0.4, -0.2) is 21.5 Å². The lowest BCUT2D eigenvalue weighted by atomic mass is 10.0. The van der Waals surface area contributed by atoms with Crippen molar-refractivity contribution in [1.29, 1.82) is 0 Å². The molecule has 3 heterocycles. The molecule has 0 unspecified atom stereocenters. The normalized spacial score (nSPS) is 13.0. The molecule has 1 aromatic carbocycles. The molecule has 1 N–H and O–H groups in total. The Morgan fingerprint density at radius 3 is 2.84 bits per heavy atom. The van der Waals surface area contributed by atoms with Crippen LogP contribution in [0, 0.1) is 6.92 Å². The van der Waals surface area contributed by atoms with Gasteiger partial charge in [0.1, 0.15) is 5.82 Å². The maximum absolute atomic E-state index is 4.95. The number of aromatic nitrogens is 3. The standard InChI is InChI=1S/C26H26N4S/c1-16(2)22-15-31-24-23(22)29-25(20-12-17(3)13-27-14-20)30-26(24)28-11-10-19-9-8-18-6-4-5-7-21(18)19/h4-7,9,12-16H,8,10-11H2,1-3H3,(H,28,29,30). The first-order valence-corrected chi connectivity index (χ1v) is 11.7. The zero-order chi connectivity index (χ0) is 21.4. The molecule has 0 spiro atoms. The molecule has 0 fully saturated rings. The van der Waals surface area contributed by atoms with E-state index in [1.807, 2.05) is 19.3 Å². The Kier molecular flexibility index (Phi) is 5.28. The van der Waals surface area contributed by atoms with Gasteiger partial charge in [-0.15, -0.1) is 11.3 Å². The minimum atomic E-state index is 0.417. The van der Waals surface area contributed by atoms with Crippen molar-refractivity contribution in [3.8, 4) is 11.4 Å². The summed E-state index contributed by atoms with van der Waals surface area (Å²) in [5, 5.41) is 5.85. The predicted molar refractivity (Wildman–Crippen MR) is 131 cm³/mol. The van der Waals surface area contributed by atoms with Gasteiger partial charge in [0.05, 0.1) is 10.2 Å². The topological polar surface area (TPSA) is 50.7 Å². The molecular formula is C26H26N4S. The van der Waals surface area contributed by atoms with E-state index in [0.717, 1.165) is 52.4 Å². The van der Waals surface area contributed by atoms with Gasteiger partial charge in [-0.25, -0.2) is 9.97 Å². The van der Waals surface area contributed by atoms with Gasteiger partial charge >= 0.3 is 0 Å². The fourth-order valence-corrected chi connectivity index (χ4v) is 5.31. The second-order valence-electron chi connectivity index (χ2n) is 8.44. The molecule has 5 heteroatoms. The molecule has 3 aromatic heterocycles. The molecule has 5 rings (SSSR count). The lowest BCUT2D eigenvalue weighted by molar-refractivity contribution is 0.877. The molecule has 4 aromatic rings. The van der Waals surface area contributed by atoms with E-state index in [9.17, 15) is 0 Å². The van der Waals surface area contributed by atoms with Crippen LogP contribution in [0.3, 0.4) is 0 Å². The number of pyridine rings is 1. The third kappa shape index (κ3) is 3.86. The molecule has 1 aliphatic rings. The Balaban J connectivity index is 1.46. The van der Waals surface area contributed by atoms with Crippen molar-refractivity contribution in [1.82, 2.24) is 15.0 Å². The quantitative estimate of drug-likeness (QED) is 0.376. The molecule has 0 radical (unpaired) electrons. The van der Waals surface area contributed by atoms with Crippen LogP contribution in [-0.2, 0) is 6.42 Å². The summed E-state index contributed by atoms with van der Waals surface area (Å²) < 4.78 is 1.13. The number of hydrogen-bond donors (Lipinski definition) is 1. The zero-order valence-corrected chi connectivity index (χ0v) is 19.0. The van der Waals surface area contributed by atoms with E-state index in [1.54, 1.807) is 11.3 Å². The van der Waals surface area contributed by atoms with Crippen LogP contribution in [0.4, 0.5) is 5.82 Å². The van der Waals surface area contributed by atoms with Crippen LogP contribution < -0.4 is 5.32 Å². The number of nitrogens with zero attached hydrogens (tertiary/aromatic N) is 3. The van der Waals surface area contributed by atoms with Gasteiger partial charge in [-0.1, -0.05) is 44.2 Å². The predicted octanol–water partition coefficient (Wildman–Crippen LogP) is 6.63. The molecular weight excluding hydrogens is 400 g/mol. The summed E-state index contributed by atoms with van der Waals surface area (Å²) in [5.74, 6) is 2.07. The third-order valence-corrected chi connectivity index (χ3v) is 6.81. The third-order valence-electron chi connectivity index (χ3n) is 5.82. The number of fused-ring (bicyclic) bond motifs is 2. The van der Waals surface area contributed by atoms with Gasteiger partial charge < -0.3 is 5.32 Å². The summed E-state index contributed by atoms with van der Waals surface area (Å²) in [5.41, 5.74) is 8.64. The second-order valence-corrected chi connectivity index (χ2v) is 9.32. The summed E-state index contributed by atoms with van der Waals surface area (Å²) in [4.78, 5) is 14.2. The zero-order valence-electron chi connectivity index (χ0n) is 18.1. The summed E-state index contributed by atoms with van der Waals surface area (Å²) in [6, 6.07) is 10.8. The van der Waals surface area contributed by atoms with Gasteiger partial charge in [0.15, 0.2) is 5.82 Å². The fourth-order valence-electron chi connectivity index (χ4n) is 4.18. The number of allylic oxidation sites excluding steroid dienone is 1. The molecule has 0 saturated carbocycles. The van der Waals surface area contributed by atoms with Crippen molar-refractivity contribution >= 4 is 32.9 Å². The van der Waals surface area contributed by atoms with Crippen LogP contribution in [0.15, 0.2) is 54.2 Å². The first-order valence-electron chi connectivity index (χ1n) is 10.8. The van der Waals surface area contributed by atoms with Crippen molar-refractivity contribution in [3.63, 3.8) is 0 Å². The van der Waals surface area contributed by atoms with Crippen LogP contribution in [0.25, 0.3) is 27.2 Å². The monoisotopic (exact) mass is 426 g/mol. The number of nitrogens with one attached hydrogen (secondary N) is 1. The molecule has 0 amide bonds. The molecule has 0 aliphatic heterocycles. The number of hydrogen-bond acceptors (Lipinski definition) is 5. The highest BCUT2D eigenvalue weighted by Crippen LogP contribution is 2.36. The Bertz CT molecular complexity index is 1290. The van der Waals surface area contributed by atoms with Gasteiger partial charge in [0, 0.05) is 24.5 Å². The first kappa shape index (κ1) is 19.9. The molecule has 1 aliphatic carbocycles. The van der Waals surface area contributed by atoms with Gasteiger partial charge in [0.25, 0.3) is 0 Å². The number of thiophene rings is 1. The van der Waals surface area contributed by atoms with E-state index in [2.05, 4.69) is 65.9 Å². The number of benzene rings is 1. The Morgan fingerprint density at radius 2 is 2.00 bits per heavy atom. The van der Waals surface area contributed by atoms with Crippen LogP contribution in [0.1, 0.15) is 48.4 Å². The van der Waals surface area contributed by atoms with Gasteiger partial charge in [0.2, 0.25) is 0 Å². The van der Waals surface area contributed by atoms with E-state index < -0.39 is 0 Å². The van der Waals surface area contributed by atoms with E-state index in [1.165, 1.54) is 22.3 Å². The summed E-state index contributed by atoms with van der Waals surface area (Å²) in [7, 11) is 0. The van der Waals surface area contributed by atoms with Crippen LogP contribution in [0.2, 0.25) is 0 Å². The summed E-state index contributed by atoms with van der Waals surface area (Å²) >= 11 is 1.73. The molecule has 0 saturated heterocycles. The highest BCUT2D eigenvalue weighted by Gasteiger charge is 2.17. The molecule has 156 valence electrons. The molecule has 31 heavy (non-hydrogen) atoms. The van der Waals surface area contributed by atoms with Crippen molar-refractivity contribution < 1.29 is 0 Å². The molecule has 0 atom stereocenters. The molecule has 0 bridgehead atoms. The number of rotatable bonds is 6. The van der Waals surface area contributed by atoms with Gasteiger partial charge in [-0.3, -0.25) is 4.98 Å². The molecule has 4 nitrogen and oxygen atoms in total. The highest BCUT2D eigenvalue weighted by atomic mass is 32.1. The fraction of sp³-hybridized carbons (Fsp3) is 0.269. The van der Waals surface area contributed by atoms with E-state index >= 15 is 0 Å². The lowest BCUT2D eigenvalue weighted by Gasteiger charge is -2.11. The van der Waals surface area contributed by atoms with E-state index in [0.29, 0.717) is 5.92 Å². The van der Waals surface area contributed by atoms with Gasteiger partial charge in [-0.05, 0) is 65.0 Å². The van der Waals surface area contributed by atoms with Gasteiger partial charge in [-0.2, -0.15) is 0 Å². The van der Waals surface area contributed by atoms with E-state index in [-0.39, 0.29) is 0 Å². The average molecular weight is 427 g/mol. The second kappa shape index (κ2) is 8.23. The van der Waals surface area contributed by atoms with Crippen molar-refractivity contribution in [2.75, 3.05) is 11.9 Å².